The molecule has 0 bridgehead atoms. The van der Waals surface area contributed by atoms with Gasteiger partial charge in [0, 0.05) is 6.07 Å². The number of nitrogens with one attached hydrogen (secondary N) is 1. The molecule has 0 aromatic heterocycles. The van der Waals surface area contributed by atoms with E-state index in [0.717, 1.165) is 11.1 Å². The number of rotatable bonds is 7. The molecular formula is C22H20N2O3S. The Labute approximate surface area is 167 Å². The zero-order valence-corrected chi connectivity index (χ0v) is 16.2. The number of carbonyl (C=O) groups is 1. The van der Waals surface area contributed by atoms with Gasteiger partial charge in [0.1, 0.15) is 0 Å². The van der Waals surface area contributed by atoms with Crippen molar-refractivity contribution >= 4 is 29.0 Å². The van der Waals surface area contributed by atoms with E-state index in [1.54, 1.807) is 19.1 Å². The third-order valence-electron chi connectivity index (χ3n) is 4.36. The lowest BCUT2D eigenvalue weighted by Gasteiger charge is -2.18. The highest BCUT2D eigenvalue weighted by Gasteiger charge is 2.18. The zero-order chi connectivity index (χ0) is 19.9. The number of carbonyl (C=O) groups excluding carboxylic acids is 1. The third kappa shape index (κ3) is 4.78. The Morgan fingerprint density at radius 2 is 1.54 bits per heavy atom. The lowest BCUT2D eigenvalue weighted by atomic mass is 10.0. The molecule has 3 aromatic carbocycles. The van der Waals surface area contributed by atoms with E-state index >= 15 is 0 Å². The van der Waals surface area contributed by atoms with E-state index in [2.05, 4.69) is 5.32 Å². The van der Waals surface area contributed by atoms with E-state index in [4.69, 9.17) is 0 Å². The number of hydrogen-bond acceptors (Lipinski definition) is 4. The summed E-state index contributed by atoms with van der Waals surface area (Å²) in [6.07, 6.45) is 0. The largest absolute Gasteiger partial charge is 0.325 e. The molecule has 0 aliphatic rings. The van der Waals surface area contributed by atoms with Gasteiger partial charge in [0.05, 0.1) is 27.2 Å². The molecule has 1 amide bonds. The van der Waals surface area contributed by atoms with Crippen LogP contribution in [0, 0.1) is 17.0 Å². The Bertz CT molecular complexity index is 923. The topological polar surface area (TPSA) is 72.2 Å². The quantitative estimate of drug-likeness (QED) is 0.434. The van der Waals surface area contributed by atoms with Crippen LogP contribution in [0.5, 0.6) is 0 Å². The summed E-state index contributed by atoms with van der Waals surface area (Å²) in [5, 5.41) is 13.9. The van der Waals surface area contributed by atoms with Gasteiger partial charge in [-0.3, -0.25) is 14.9 Å². The van der Waals surface area contributed by atoms with Crippen molar-refractivity contribution in [3.63, 3.8) is 0 Å². The third-order valence-corrected chi connectivity index (χ3v) is 5.67. The monoisotopic (exact) mass is 392 g/mol. The normalized spacial score (nSPS) is 10.6. The van der Waals surface area contributed by atoms with Gasteiger partial charge in [-0.15, -0.1) is 11.8 Å². The number of nitrogens with zero attached hydrogens (tertiary/aromatic N) is 1. The smallest absolute Gasteiger partial charge is 0.274 e. The Kier molecular flexibility index (Phi) is 6.45. The molecule has 0 atom stereocenters. The van der Waals surface area contributed by atoms with Gasteiger partial charge in [0.25, 0.3) is 5.69 Å². The van der Waals surface area contributed by atoms with Crippen molar-refractivity contribution in [2.75, 3.05) is 11.1 Å². The van der Waals surface area contributed by atoms with Crippen LogP contribution in [0.4, 0.5) is 11.4 Å². The summed E-state index contributed by atoms with van der Waals surface area (Å²) in [6.45, 7) is 1.64. The minimum Gasteiger partial charge on any atom is -0.325 e. The average Bonchev–Trinajstić information content (AvgIpc) is 2.71. The molecule has 142 valence electrons. The maximum atomic E-state index is 12.5. The van der Waals surface area contributed by atoms with Crippen LogP contribution in [0.2, 0.25) is 0 Å². The van der Waals surface area contributed by atoms with Crippen molar-refractivity contribution in [1.29, 1.82) is 0 Å². The van der Waals surface area contributed by atoms with Crippen molar-refractivity contribution in [3.05, 3.63) is 106 Å². The first-order valence-corrected chi connectivity index (χ1v) is 9.86. The van der Waals surface area contributed by atoms with Crippen molar-refractivity contribution in [3.8, 4) is 0 Å². The Hall–Kier alpha value is -3.12. The van der Waals surface area contributed by atoms with E-state index in [1.807, 2.05) is 60.7 Å². The highest BCUT2D eigenvalue weighted by molar-refractivity contribution is 8.00. The van der Waals surface area contributed by atoms with E-state index < -0.39 is 4.92 Å². The number of hydrogen-bond donors (Lipinski definition) is 1. The maximum Gasteiger partial charge on any atom is 0.274 e. The Morgan fingerprint density at radius 3 is 2.07 bits per heavy atom. The van der Waals surface area contributed by atoms with Gasteiger partial charge >= 0.3 is 0 Å². The standard InChI is InChI=1S/C22H20N2O3S/c1-16-19(13-8-14-20(16)24(26)27)23-21(25)15-28-22(17-9-4-2-5-10-17)18-11-6-3-7-12-18/h2-14,22H,15H2,1H3,(H,23,25). The van der Waals surface area contributed by atoms with Crippen LogP contribution < -0.4 is 5.32 Å². The predicted molar refractivity (Wildman–Crippen MR) is 114 cm³/mol. The molecule has 6 heteroatoms. The SMILES string of the molecule is Cc1c(NC(=O)CSC(c2ccccc2)c2ccccc2)cccc1[N+](=O)[O-]. The molecule has 0 saturated carbocycles. The van der Waals surface area contributed by atoms with Crippen LogP contribution in [0.15, 0.2) is 78.9 Å². The second kappa shape index (κ2) is 9.19. The van der Waals surface area contributed by atoms with Gasteiger partial charge in [-0.1, -0.05) is 66.7 Å². The van der Waals surface area contributed by atoms with Gasteiger partial charge < -0.3 is 5.32 Å². The predicted octanol–water partition coefficient (Wildman–Crippen LogP) is 5.36. The van der Waals surface area contributed by atoms with Crippen LogP contribution in [0.25, 0.3) is 0 Å². The Balaban J connectivity index is 1.73. The fourth-order valence-corrected chi connectivity index (χ4v) is 4.03. The zero-order valence-electron chi connectivity index (χ0n) is 15.4. The second-order valence-corrected chi connectivity index (χ2v) is 7.36. The highest BCUT2D eigenvalue weighted by Crippen LogP contribution is 2.35. The molecule has 3 aromatic rings. The summed E-state index contributed by atoms with van der Waals surface area (Å²) in [7, 11) is 0. The van der Waals surface area contributed by atoms with E-state index in [0.29, 0.717) is 11.3 Å². The van der Waals surface area contributed by atoms with Gasteiger partial charge in [-0.05, 0) is 24.1 Å². The first-order valence-electron chi connectivity index (χ1n) is 8.81. The number of thioether (sulfide) groups is 1. The van der Waals surface area contributed by atoms with Gasteiger partial charge in [0.15, 0.2) is 0 Å². The molecule has 0 fully saturated rings. The minimum atomic E-state index is -0.444. The number of benzene rings is 3. The summed E-state index contributed by atoms with van der Waals surface area (Å²) < 4.78 is 0. The summed E-state index contributed by atoms with van der Waals surface area (Å²) in [5.41, 5.74) is 3.16. The average molecular weight is 392 g/mol. The summed E-state index contributed by atoms with van der Waals surface area (Å²) >= 11 is 1.53. The van der Waals surface area contributed by atoms with Crippen molar-refractivity contribution in [1.82, 2.24) is 0 Å². The van der Waals surface area contributed by atoms with Crippen LogP contribution in [-0.2, 0) is 4.79 Å². The molecule has 0 aliphatic carbocycles. The molecule has 0 spiro atoms. The van der Waals surface area contributed by atoms with Crippen molar-refractivity contribution < 1.29 is 9.72 Å². The minimum absolute atomic E-state index is 0.00287. The van der Waals surface area contributed by atoms with E-state index in [9.17, 15) is 14.9 Å². The molecule has 0 aliphatic heterocycles. The molecule has 0 heterocycles. The molecule has 28 heavy (non-hydrogen) atoms. The molecule has 0 unspecified atom stereocenters. The summed E-state index contributed by atoms with van der Waals surface area (Å²) in [5.74, 6) is 0.0433. The van der Waals surface area contributed by atoms with E-state index in [1.165, 1.54) is 17.8 Å². The van der Waals surface area contributed by atoms with Crippen molar-refractivity contribution in [2.45, 2.75) is 12.2 Å². The molecule has 0 saturated heterocycles. The lowest BCUT2D eigenvalue weighted by molar-refractivity contribution is -0.385. The number of nitro benzene ring substituents is 1. The van der Waals surface area contributed by atoms with Gasteiger partial charge in [-0.2, -0.15) is 0 Å². The number of anilines is 1. The number of amides is 1. The first kappa shape index (κ1) is 19.6. The van der Waals surface area contributed by atoms with Crippen LogP contribution in [-0.4, -0.2) is 16.6 Å². The molecular weight excluding hydrogens is 372 g/mol. The first-order chi connectivity index (χ1) is 13.6. The highest BCUT2D eigenvalue weighted by atomic mass is 32.2. The van der Waals surface area contributed by atoms with Crippen molar-refractivity contribution in [2.24, 2.45) is 0 Å². The Morgan fingerprint density at radius 1 is 0.964 bits per heavy atom. The van der Waals surface area contributed by atoms with Crippen LogP contribution in [0.3, 0.4) is 0 Å². The van der Waals surface area contributed by atoms with Gasteiger partial charge in [-0.25, -0.2) is 0 Å². The lowest BCUT2D eigenvalue weighted by Crippen LogP contribution is -2.16. The summed E-state index contributed by atoms with van der Waals surface area (Å²) in [6, 6.07) is 24.7. The fraction of sp³-hybridized carbons (Fsp3) is 0.136. The van der Waals surface area contributed by atoms with E-state index in [-0.39, 0.29) is 22.6 Å². The summed E-state index contributed by atoms with van der Waals surface area (Å²) in [4.78, 5) is 23.1. The van der Waals surface area contributed by atoms with Gasteiger partial charge in [0.2, 0.25) is 5.91 Å². The van der Waals surface area contributed by atoms with Crippen LogP contribution in [0.1, 0.15) is 21.9 Å². The maximum absolute atomic E-state index is 12.5. The molecule has 3 rings (SSSR count). The molecule has 1 N–H and O–H groups in total. The molecule has 5 nitrogen and oxygen atoms in total. The second-order valence-electron chi connectivity index (χ2n) is 6.27. The molecule has 0 radical (unpaired) electrons. The fourth-order valence-electron chi connectivity index (χ4n) is 2.94. The van der Waals surface area contributed by atoms with Crippen LogP contribution >= 0.6 is 11.8 Å². The number of nitro groups is 1.